The van der Waals surface area contributed by atoms with Crippen molar-refractivity contribution in [3.8, 4) is 0 Å². The number of anilines is 1. The fourth-order valence-electron chi connectivity index (χ4n) is 3.32. The van der Waals surface area contributed by atoms with E-state index in [1.165, 1.54) is 19.1 Å². The lowest BCUT2D eigenvalue weighted by Crippen LogP contribution is -2.30. The molecule has 3 aromatic rings. The highest BCUT2D eigenvalue weighted by molar-refractivity contribution is 7.89. The van der Waals surface area contributed by atoms with Crippen molar-refractivity contribution in [2.45, 2.75) is 43.7 Å². The largest absolute Gasteiger partial charge is 0.449 e. The summed E-state index contributed by atoms with van der Waals surface area (Å²) in [6, 6.07) is 17.4. The summed E-state index contributed by atoms with van der Waals surface area (Å²) in [6.07, 6.45) is 0.540. The van der Waals surface area contributed by atoms with Gasteiger partial charge in [0.15, 0.2) is 6.10 Å². The van der Waals surface area contributed by atoms with Crippen LogP contribution < -0.4 is 10.0 Å². The Kier molecular flexibility index (Phi) is 5.99. The number of hydrogen-bond donors (Lipinski definition) is 2. The third kappa shape index (κ3) is 4.81. The SMILES string of the molecule is Cc1ccc(S(=O)(=O)NC2CC2)cc1C(=O)OC(C)C(=O)Nc1cccc2ccccc12. The van der Waals surface area contributed by atoms with E-state index in [9.17, 15) is 18.0 Å². The first-order valence-electron chi connectivity index (χ1n) is 10.4. The maximum absolute atomic E-state index is 12.7. The molecule has 1 saturated carbocycles. The van der Waals surface area contributed by atoms with Gasteiger partial charge in [0.2, 0.25) is 10.0 Å². The molecule has 3 aromatic carbocycles. The summed E-state index contributed by atoms with van der Waals surface area (Å²) < 4.78 is 32.9. The molecule has 0 saturated heterocycles. The van der Waals surface area contributed by atoms with Crippen molar-refractivity contribution < 1.29 is 22.7 Å². The van der Waals surface area contributed by atoms with Gasteiger partial charge in [0.1, 0.15) is 0 Å². The summed E-state index contributed by atoms with van der Waals surface area (Å²) in [6.45, 7) is 3.16. The molecular formula is C24H24N2O5S. The maximum Gasteiger partial charge on any atom is 0.339 e. The van der Waals surface area contributed by atoms with E-state index in [1.807, 2.05) is 36.4 Å². The van der Waals surface area contributed by atoms with Gasteiger partial charge in [0.05, 0.1) is 10.5 Å². The number of ether oxygens (including phenoxy) is 1. The first kappa shape index (κ1) is 22.0. The van der Waals surface area contributed by atoms with Gasteiger partial charge < -0.3 is 10.1 Å². The van der Waals surface area contributed by atoms with Gasteiger partial charge in [0, 0.05) is 17.1 Å². The van der Waals surface area contributed by atoms with Gasteiger partial charge >= 0.3 is 5.97 Å². The summed E-state index contributed by atoms with van der Waals surface area (Å²) in [4.78, 5) is 25.4. The first-order valence-corrected chi connectivity index (χ1v) is 11.9. The molecule has 0 aliphatic heterocycles. The van der Waals surface area contributed by atoms with Crippen molar-refractivity contribution in [3.05, 3.63) is 71.8 Å². The van der Waals surface area contributed by atoms with Crippen LogP contribution in [0.3, 0.4) is 0 Å². The van der Waals surface area contributed by atoms with Crippen LogP contribution >= 0.6 is 0 Å². The van der Waals surface area contributed by atoms with Gasteiger partial charge in [-0.3, -0.25) is 4.79 Å². The second kappa shape index (κ2) is 8.72. The maximum atomic E-state index is 12.7. The molecule has 8 heteroatoms. The fourth-order valence-corrected chi connectivity index (χ4v) is 4.65. The van der Waals surface area contributed by atoms with E-state index in [0.717, 1.165) is 23.6 Å². The molecule has 1 aliphatic carbocycles. The predicted molar refractivity (Wildman–Crippen MR) is 122 cm³/mol. The molecule has 166 valence electrons. The number of carbonyl (C=O) groups excluding carboxylic acids is 2. The molecule has 1 fully saturated rings. The molecule has 1 amide bonds. The van der Waals surface area contributed by atoms with E-state index in [4.69, 9.17) is 4.74 Å². The van der Waals surface area contributed by atoms with E-state index in [0.29, 0.717) is 11.3 Å². The van der Waals surface area contributed by atoms with E-state index < -0.39 is 28.0 Å². The normalized spacial score (nSPS) is 14.7. The van der Waals surface area contributed by atoms with Crippen molar-refractivity contribution in [1.82, 2.24) is 4.72 Å². The van der Waals surface area contributed by atoms with Crippen molar-refractivity contribution in [3.63, 3.8) is 0 Å². The lowest BCUT2D eigenvalue weighted by Gasteiger charge is -2.16. The molecule has 32 heavy (non-hydrogen) atoms. The molecule has 0 radical (unpaired) electrons. The lowest BCUT2D eigenvalue weighted by atomic mass is 10.1. The molecule has 2 N–H and O–H groups in total. The van der Waals surface area contributed by atoms with Gasteiger partial charge in [-0.25, -0.2) is 17.9 Å². The summed E-state index contributed by atoms with van der Waals surface area (Å²) in [5.41, 5.74) is 1.28. The summed E-state index contributed by atoms with van der Waals surface area (Å²) >= 11 is 0. The van der Waals surface area contributed by atoms with Gasteiger partial charge in [0.25, 0.3) is 5.91 Å². The van der Waals surface area contributed by atoms with E-state index in [-0.39, 0.29) is 16.5 Å². The van der Waals surface area contributed by atoms with Crippen LogP contribution in [0, 0.1) is 6.92 Å². The third-order valence-electron chi connectivity index (χ3n) is 5.34. The van der Waals surface area contributed by atoms with Crippen LogP contribution in [-0.4, -0.2) is 32.4 Å². The van der Waals surface area contributed by atoms with Crippen LogP contribution in [-0.2, 0) is 19.6 Å². The fraction of sp³-hybridized carbons (Fsp3) is 0.250. The second-order valence-corrected chi connectivity index (χ2v) is 9.65. The Morgan fingerprint density at radius 2 is 1.75 bits per heavy atom. The van der Waals surface area contributed by atoms with Gasteiger partial charge in [-0.1, -0.05) is 42.5 Å². The number of nitrogens with one attached hydrogen (secondary N) is 2. The van der Waals surface area contributed by atoms with Gasteiger partial charge in [-0.05, 0) is 55.8 Å². The van der Waals surface area contributed by atoms with Crippen LogP contribution in [0.5, 0.6) is 0 Å². The zero-order valence-electron chi connectivity index (χ0n) is 17.8. The predicted octanol–water partition coefficient (Wildman–Crippen LogP) is 3.77. The topological polar surface area (TPSA) is 102 Å². The van der Waals surface area contributed by atoms with Crippen LogP contribution in [0.2, 0.25) is 0 Å². The number of sulfonamides is 1. The number of carbonyl (C=O) groups is 2. The molecule has 0 spiro atoms. The van der Waals surface area contributed by atoms with E-state index in [1.54, 1.807) is 19.1 Å². The standard InChI is InChI=1S/C24H24N2O5S/c1-15-10-13-19(32(29,30)26-18-11-12-18)14-21(15)24(28)31-16(2)23(27)25-22-9-5-7-17-6-3-4-8-20(17)22/h3-10,13-14,16,18,26H,11-12H2,1-2H3,(H,25,27). The summed E-state index contributed by atoms with van der Waals surface area (Å²) in [7, 11) is -3.71. The van der Waals surface area contributed by atoms with Crippen molar-refractivity contribution in [2.24, 2.45) is 0 Å². The Balaban J connectivity index is 1.48. The Hall–Kier alpha value is -3.23. The number of benzene rings is 3. The Morgan fingerprint density at radius 3 is 2.50 bits per heavy atom. The molecule has 0 heterocycles. The molecular weight excluding hydrogens is 428 g/mol. The highest BCUT2D eigenvalue weighted by atomic mass is 32.2. The third-order valence-corrected chi connectivity index (χ3v) is 6.86. The zero-order chi connectivity index (χ0) is 22.9. The van der Waals surface area contributed by atoms with Crippen LogP contribution in [0.15, 0.2) is 65.6 Å². The Bertz CT molecular complexity index is 1290. The zero-order valence-corrected chi connectivity index (χ0v) is 18.6. The molecule has 4 rings (SSSR count). The van der Waals surface area contributed by atoms with E-state index in [2.05, 4.69) is 10.0 Å². The van der Waals surface area contributed by atoms with Gasteiger partial charge in [-0.2, -0.15) is 0 Å². The number of aryl methyl sites for hydroxylation is 1. The molecule has 1 atom stereocenters. The number of fused-ring (bicyclic) bond motifs is 1. The first-order chi connectivity index (χ1) is 15.2. The van der Waals surface area contributed by atoms with Crippen LogP contribution in [0.1, 0.15) is 35.7 Å². The van der Waals surface area contributed by atoms with Crippen LogP contribution in [0.25, 0.3) is 10.8 Å². The average molecular weight is 453 g/mol. The number of amides is 1. The molecule has 0 bridgehead atoms. The average Bonchev–Trinajstić information content (AvgIpc) is 3.57. The van der Waals surface area contributed by atoms with Crippen LogP contribution in [0.4, 0.5) is 5.69 Å². The summed E-state index contributed by atoms with van der Waals surface area (Å²) in [5.74, 6) is -1.24. The Labute approximate surface area is 186 Å². The second-order valence-electron chi connectivity index (χ2n) is 7.94. The molecule has 1 aliphatic rings. The quantitative estimate of drug-likeness (QED) is 0.532. The highest BCUT2D eigenvalue weighted by Crippen LogP contribution is 2.25. The van der Waals surface area contributed by atoms with Crippen molar-refractivity contribution >= 4 is 38.4 Å². The highest BCUT2D eigenvalue weighted by Gasteiger charge is 2.29. The summed E-state index contributed by atoms with van der Waals surface area (Å²) in [5, 5.41) is 4.65. The molecule has 0 aromatic heterocycles. The molecule has 7 nitrogen and oxygen atoms in total. The minimum atomic E-state index is -3.71. The number of esters is 1. The lowest BCUT2D eigenvalue weighted by molar-refractivity contribution is -0.123. The monoisotopic (exact) mass is 452 g/mol. The number of hydrogen-bond acceptors (Lipinski definition) is 5. The molecule has 1 unspecified atom stereocenters. The minimum absolute atomic E-state index is 0.00481. The van der Waals surface area contributed by atoms with E-state index >= 15 is 0 Å². The van der Waals surface area contributed by atoms with Crippen molar-refractivity contribution in [1.29, 1.82) is 0 Å². The van der Waals surface area contributed by atoms with Gasteiger partial charge in [-0.15, -0.1) is 0 Å². The smallest absolute Gasteiger partial charge is 0.339 e. The number of rotatable bonds is 7. The minimum Gasteiger partial charge on any atom is -0.449 e. The Morgan fingerprint density at radius 1 is 1.03 bits per heavy atom. The van der Waals surface area contributed by atoms with Crippen molar-refractivity contribution in [2.75, 3.05) is 5.32 Å².